The van der Waals surface area contributed by atoms with E-state index in [-0.39, 0.29) is 16.8 Å². The van der Waals surface area contributed by atoms with Gasteiger partial charge < -0.3 is 5.32 Å². The van der Waals surface area contributed by atoms with Crippen molar-refractivity contribution < 1.29 is 4.79 Å². The maximum Gasteiger partial charge on any atom is 0.275 e. The average Bonchev–Trinajstić information content (AvgIpc) is 2.87. The van der Waals surface area contributed by atoms with Crippen molar-refractivity contribution in [1.29, 1.82) is 0 Å². The highest BCUT2D eigenvalue weighted by Crippen LogP contribution is 2.17. The van der Waals surface area contributed by atoms with Crippen LogP contribution in [-0.4, -0.2) is 26.1 Å². The number of halogens is 1. The summed E-state index contributed by atoms with van der Waals surface area (Å²) >= 11 is 5.61. The first-order valence-corrected chi connectivity index (χ1v) is 5.82. The number of benzene rings is 1. The van der Waals surface area contributed by atoms with Crippen LogP contribution >= 0.6 is 11.6 Å². The zero-order valence-electron chi connectivity index (χ0n) is 9.59. The van der Waals surface area contributed by atoms with Crippen LogP contribution in [0.4, 0.5) is 5.69 Å². The predicted molar refractivity (Wildman–Crippen MR) is 71.1 cm³/mol. The smallest absolute Gasteiger partial charge is 0.275 e. The van der Waals surface area contributed by atoms with E-state index in [0.29, 0.717) is 5.69 Å². The molecule has 0 spiro atoms. The van der Waals surface area contributed by atoms with Gasteiger partial charge in [0.25, 0.3) is 5.91 Å². The maximum atomic E-state index is 11.9. The standard InChI is InChI=1S/C12H8ClN5O/c13-11-6-14-10(5-15-11)12(19)17-8-1-2-9-7(3-8)4-16-18-9/h1-6H,(H,16,18)(H,17,19). The van der Waals surface area contributed by atoms with Gasteiger partial charge in [-0.25, -0.2) is 9.97 Å². The minimum Gasteiger partial charge on any atom is -0.321 e. The quantitative estimate of drug-likeness (QED) is 0.750. The molecule has 1 aromatic carbocycles. The number of aromatic nitrogens is 4. The summed E-state index contributed by atoms with van der Waals surface area (Å²) in [5, 5.41) is 10.6. The lowest BCUT2D eigenvalue weighted by molar-refractivity contribution is 0.102. The Morgan fingerprint density at radius 3 is 2.89 bits per heavy atom. The molecule has 0 aliphatic heterocycles. The van der Waals surface area contributed by atoms with E-state index in [2.05, 4.69) is 25.5 Å². The second-order valence-electron chi connectivity index (χ2n) is 3.85. The molecule has 6 nitrogen and oxygen atoms in total. The zero-order chi connectivity index (χ0) is 13.2. The molecule has 0 saturated carbocycles. The van der Waals surface area contributed by atoms with Gasteiger partial charge in [-0.1, -0.05) is 11.6 Å². The number of nitrogens with one attached hydrogen (secondary N) is 2. The van der Waals surface area contributed by atoms with Crippen molar-refractivity contribution in [2.24, 2.45) is 0 Å². The number of aromatic amines is 1. The molecule has 1 amide bonds. The third kappa shape index (κ3) is 2.38. The molecule has 0 aliphatic carbocycles. The molecule has 3 aromatic rings. The summed E-state index contributed by atoms with van der Waals surface area (Å²) in [4.78, 5) is 19.6. The topological polar surface area (TPSA) is 83.6 Å². The van der Waals surface area contributed by atoms with E-state index in [4.69, 9.17) is 11.6 Å². The number of amides is 1. The van der Waals surface area contributed by atoms with Crippen molar-refractivity contribution in [3.8, 4) is 0 Å². The van der Waals surface area contributed by atoms with Crippen LogP contribution in [0.25, 0.3) is 10.9 Å². The number of rotatable bonds is 2. The fraction of sp³-hybridized carbons (Fsp3) is 0. The third-order valence-corrected chi connectivity index (χ3v) is 2.75. The van der Waals surface area contributed by atoms with E-state index in [0.717, 1.165) is 10.9 Å². The minimum absolute atomic E-state index is 0.205. The molecule has 0 fully saturated rings. The third-order valence-electron chi connectivity index (χ3n) is 2.55. The van der Waals surface area contributed by atoms with E-state index >= 15 is 0 Å². The highest BCUT2D eigenvalue weighted by atomic mass is 35.5. The van der Waals surface area contributed by atoms with Crippen molar-refractivity contribution in [1.82, 2.24) is 20.2 Å². The van der Waals surface area contributed by atoms with Gasteiger partial charge in [0.1, 0.15) is 10.8 Å². The highest BCUT2D eigenvalue weighted by molar-refractivity contribution is 6.29. The number of fused-ring (bicyclic) bond motifs is 1. The number of hydrogen-bond acceptors (Lipinski definition) is 4. The molecule has 0 radical (unpaired) electrons. The van der Waals surface area contributed by atoms with Gasteiger partial charge in [-0.15, -0.1) is 0 Å². The molecule has 0 unspecified atom stereocenters. The summed E-state index contributed by atoms with van der Waals surface area (Å²) in [6, 6.07) is 5.44. The van der Waals surface area contributed by atoms with Crippen LogP contribution in [0.1, 0.15) is 10.5 Å². The van der Waals surface area contributed by atoms with Gasteiger partial charge in [0.2, 0.25) is 0 Å². The average molecular weight is 274 g/mol. The lowest BCUT2D eigenvalue weighted by Gasteiger charge is -2.04. The SMILES string of the molecule is O=C(Nc1ccc2[nH]ncc2c1)c1cnc(Cl)cn1. The van der Waals surface area contributed by atoms with Crippen molar-refractivity contribution in [2.45, 2.75) is 0 Å². The summed E-state index contributed by atoms with van der Waals surface area (Å²) in [7, 11) is 0. The van der Waals surface area contributed by atoms with Crippen LogP contribution < -0.4 is 5.32 Å². The van der Waals surface area contributed by atoms with Crippen LogP contribution in [0.3, 0.4) is 0 Å². The Hall–Kier alpha value is -2.47. The normalized spacial score (nSPS) is 10.6. The molecule has 2 N–H and O–H groups in total. The molecule has 19 heavy (non-hydrogen) atoms. The van der Waals surface area contributed by atoms with Crippen LogP contribution in [0.15, 0.2) is 36.8 Å². The minimum atomic E-state index is -0.341. The van der Waals surface area contributed by atoms with Gasteiger partial charge in [0, 0.05) is 11.1 Å². The van der Waals surface area contributed by atoms with Crippen LogP contribution in [0, 0.1) is 0 Å². The van der Waals surface area contributed by atoms with E-state index in [1.165, 1.54) is 12.4 Å². The van der Waals surface area contributed by atoms with E-state index in [1.807, 2.05) is 12.1 Å². The van der Waals surface area contributed by atoms with E-state index < -0.39 is 0 Å². The highest BCUT2D eigenvalue weighted by Gasteiger charge is 2.08. The fourth-order valence-corrected chi connectivity index (χ4v) is 1.74. The molecular weight excluding hydrogens is 266 g/mol. The van der Waals surface area contributed by atoms with Crippen molar-refractivity contribution in [3.63, 3.8) is 0 Å². The first-order valence-electron chi connectivity index (χ1n) is 5.44. The lowest BCUT2D eigenvalue weighted by atomic mass is 10.2. The van der Waals surface area contributed by atoms with Crippen molar-refractivity contribution in [2.75, 3.05) is 5.32 Å². The summed E-state index contributed by atoms with van der Waals surface area (Å²) in [5.74, 6) is -0.341. The largest absolute Gasteiger partial charge is 0.321 e. The molecule has 0 atom stereocenters. The van der Waals surface area contributed by atoms with Gasteiger partial charge in [-0.05, 0) is 18.2 Å². The van der Waals surface area contributed by atoms with Gasteiger partial charge in [0.15, 0.2) is 0 Å². The molecule has 0 aliphatic rings. The van der Waals surface area contributed by atoms with Crippen molar-refractivity contribution >= 4 is 34.1 Å². The molecule has 0 saturated heterocycles. The van der Waals surface area contributed by atoms with Gasteiger partial charge in [0.05, 0.1) is 24.1 Å². The Morgan fingerprint density at radius 2 is 2.11 bits per heavy atom. The molecule has 0 bridgehead atoms. The molecule has 2 aromatic heterocycles. The number of carbonyl (C=O) groups is 1. The Labute approximate surface area is 112 Å². The summed E-state index contributed by atoms with van der Waals surface area (Å²) in [5.41, 5.74) is 1.77. The molecule has 2 heterocycles. The molecule has 94 valence electrons. The number of anilines is 1. The number of nitrogens with zero attached hydrogens (tertiary/aromatic N) is 3. The Bertz CT molecular complexity index is 737. The van der Waals surface area contributed by atoms with Gasteiger partial charge in [-0.2, -0.15) is 5.10 Å². The second kappa shape index (κ2) is 4.66. The van der Waals surface area contributed by atoms with Crippen molar-refractivity contribution in [3.05, 3.63) is 47.6 Å². The molecular formula is C12H8ClN5O. The Morgan fingerprint density at radius 1 is 1.21 bits per heavy atom. The fourth-order valence-electron chi connectivity index (χ4n) is 1.65. The Balaban J connectivity index is 1.83. The molecule has 3 rings (SSSR count). The van der Waals surface area contributed by atoms with Gasteiger partial charge in [-0.3, -0.25) is 9.89 Å². The summed E-state index contributed by atoms with van der Waals surface area (Å²) in [6.45, 7) is 0. The first-order chi connectivity index (χ1) is 9.22. The van der Waals surface area contributed by atoms with Crippen LogP contribution in [0.2, 0.25) is 5.15 Å². The monoisotopic (exact) mass is 273 g/mol. The summed E-state index contributed by atoms with van der Waals surface area (Å²) < 4.78 is 0. The van der Waals surface area contributed by atoms with Crippen LogP contribution in [0.5, 0.6) is 0 Å². The first kappa shape index (κ1) is 11.6. The Kier molecular flexibility index (Phi) is 2.85. The number of hydrogen-bond donors (Lipinski definition) is 2. The lowest BCUT2D eigenvalue weighted by Crippen LogP contribution is -2.13. The summed E-state index contributed by atoms with van der Waals surface area (Å²) in [6.07, 6.45) is 4.34. The maximum absolute atomic E-state index is 11.9. The predicted octanol–water partition coefficient (Wildman–Crippen LogP) is 2.26. The second-order valence-corrected chi connectivity index (χ2v) is 4.24. The zero-order valence-corrected chi connectivity index (χ0v) is 10.3. The van der Waals surface area contributed by atoms with Crippen LogP contribution in [-0.2, 0) is 0 Å². The number of H-pyrrole nitrogens is 1. The van der Waals surface area contributed by atoms with E-state index in [1.54, 1.807) is 12.3 Å². The number of carbonyl (C=O) groups excluding carboxylic acids is 1. The molecule has 7 heteroatoms. The van der Waals surface area contributed by atoms with Gasteiger partial charge >= 0.3 is 0 Å². The van der Waals surface area contributed by atoms with E-state index in [9.17, 15) is 4.79 Å².